The topological polar surface area (TPSA) is 0 Å². The molecule has 4 rings (SSSR count). The lowest BCUT2D eigenvalue weighted by atomic mass is 9.61. The first kappa shape index (κ1) is 16.0. The average Bonchev–Trinajstić information content (AvgIpc) is 3.41. The van der Waals surface area contributed by atoms with Gasteiger partial charge in [0.2, 0.25) is 0 Å². The maximum absolute atomic E-state index is 2.70. The third kappa shape index (κ3) is 3.77. The van der Waals surface area contributed by atoms with Crippen LogP contribution in [0.4, 0.5) is 0 Å². The standard InChI is InChI=1S/C23H35/c1-3-9-19(10-4-1)17-21-11-5-6-12-22(21)23(18-20-13-14-20)15-7-2-8-16-23/h2,7,12,19-20H,1,3-6,8-11,13-18H2. The molecule has 0 bridgehead atoms. The Balaban J connectivity index is 1.52. The van der Waals surface area contributed by atoms with Crippen molar-refractivity contribution in [1.29, 1.82) is 0 Å². The van der Waals surface area contributed by atoms with Crippen LogP contribution in [-0.2, 0) is 0 Å². The minimum Gasteiger partial charge on any atom is -0.0885 e. The molecule has 2 saturated carbocycles. The van der Waals surface area contributed by atoms with E-state index in [-0.39, 0.29) is 0 Å². The number of rotatable bonds is 5. The monoisotopic (exact) mass is 311 g/mol. The van der Waals surface area contributed by atoms with E-state index in [9.17, 15) is 0 Å². The van der Waals surface area contributed by atoms with Crippen molar-refractivity contribution >= 4 is 0 Å². The van der Waals surface area contributed by atoms with Crippen molar-refractivity contribution in [2.75, 3.05) is 0 Å². The maximum Gasteiger partial charge on any atom is 0.00142 e. The zero-order valence-corrected chi connectivity index (χ0v) is 15.0. The quantitative estimate of drug-likeness (QED) is 0.472. The van der Waals surface area contributed by atoms with Crippen molar-refractivity contribution < 1.29 is 0 Å². The van der Waals surface area contributed by atoms with Crippen LogP contribution in [0.25, 0.3) is 0 Å². The van der Waals surface area contributed by atoms with Crippen molar-refractivity contribution in [2.45, 2.75) is 96.3 Å². The fourth-order valence-corrected chi connectivity index (χ4v) is 5.69. The maximum atomic E-state index is 2.70. The van der Waals surface area contributed by atoms with E-state index in [1.165, 1.54) is 96.3 Å². The molecule has 0 saturated heterocycles. The second-order valence-corrected chi connectivity index (χ2v) is 8.96. The average molecular weight is 312 g/mol. The first-order chi connectivity index (χ1) is 11.4. The lowest BCUT2D eigenvalue weighted by molar-refractivity contribution is 0.259. The van der Waals surface area contributed by atoms with Crippen LogP contribution in [0.15, 0.2) is 23.8 Å². The van der Waals surface area contributed by atoms with Gasteiger partial charge in [0.25, 0.3) is 0 Å². The number of hydrogen-bond acceptors (Lipinski definition) is 0. The van der Waals surface area contributed by atoms with Crippen LogP contribution in [0.2, 0.25) is 0 Å². The Hall–Kier alpha value is -0.520. The van der Waals surface area contributed by atoms with Crippen LogP contribution in [0, 0.1) is 23.2 Å². The Bertz CT molecular complexity index is 447. The molecule has 0 spiro atoms. The van der Waals surface area contributed by atoms with Crippen LogP contribution in [0.5, 0.6) is 0 Å². The van der Waals surface area contributed by atoms with Gasteiger partial charge in [0.1, 0.15) is 0 Å². The highest BCUT2D eigenvalue weighted by Gasteiger charge is 2.42. The van der Waals surface area contributed by atoms with Gasteiger partial charge >= 0.3 is 0 Å². The van der Waals surface area contributed by atoms with Gasteiger partial charge < -0.3 is 0 Å². The Kier molecular flexibility index (Phi) is 4.97. The Labute approximate surface area is 143 Å². The molecule has 0 aromatic carbocycles. The molecule has 0 amide bonds. The van der Waals surface area contributed by atoms with Gasteiger partial charge in [-0.1, -0.05) is 68.7 Å². The summed E-state index contributed by atoms with van der Waals surface area (Å²) in [6, 6.07) is 0. The van der Waals surface area contributed by atoms with Crippen LogP contribution < -0.4 is 0 Å². The zero-order valence-electron chi connectivity index (χ0n) is 15.0. The molecule has 1 unspecified atom stereocenters. The fourth-order valence-electron chi connectivity index (χ4n) is 5.69. The van der Waals surface area contributed by atoms with Gasteiger partial charge in [-0.2, -0.15) is 0 Å². The summed E-state index contributed by atoms with van der Waals surface area (Å²) in [6.07, 6.45) is 29.4. The normalized spacial score (nSPS) is 33.7. The van der Waals surface area contributed by atoms with Crippen LogP contribution in [0.1, 0.15) is 96.3 Å². The van der Waals surface area contributed by atoms with Gasteiger partial charge in [-0.15, -0.1) is 0 Å². The first-order valence-corrected chi connectivity index (χ1v) is 10.6. The molecule has 0 aromatic rings. The van der Waals surface area contributed by atoms with E-state index >= 15 is 0 Å². The first-order valence-electron chi connectivity index (χ1n) is 10.6. The third-order valence-corrected chi connectivity index (χ3v) is 7.08. The largest absolute Gasteiger partial charge is 0.0885 e. The molecule has 0 N–H and O–H groups in total. The molecule has 1 atom stereocenters. The van der Waals surface area contributed by atoms with Gasteiger partial charge in [0.15, 0.2) is 0 Å². The van der Waals surface area contributed by atoms with Gasteiger partial charge in [-0.3, -0.25) is 0 Å². The van der Waals surface area contributed by atoms with E-state index in [2.05, 4.69) is 18.2 Å². The van der Waals surface area contributed by atoms with Crippen molar-refractivity contribution in [1.82, 2.24) is 0 Å². The highest BCUT2D eigenvalue weighted by Crippen LogP contribution is 2.55. The molecule has 4 aliphatic carbocycles. The SMILES string of the molecule is C1=CCC(CC2CC2)(C2=CCCC[C]2CC2CCCCC2)CC1. The van der Waals surface area contributed by atoms with Crippen molar-refractivity contribution in [3.63, 3.8) is 0 Å². The zero-order chi connectivity index (χ0) is 15.5. The predicted octanol–water partition coefficient (Wildman–Crippen LogP) is 7.17. The third-order valence-electron chi connectivity index (χ3n) is 7.08. The molecule has 2 fully saturated rings. The van der Waals surface area contributed by atoms with E-state index in [1.54, 1.807) is 0 Å². The van der Waals surface area contributed by atoms with Gasteiger partial charge in [-0.25, -0.2) is 0 Å². The number of hydrogen-bond donors (Lipinski definition) is 0. The molecule has 0 aliphatic heterocycles. The molecular weight excluding hydrogens is 276 g/mol. The fraction of sp³-hybridized carbons (Fsp3) is 0.783. The lowest BCUT2D eigenvalue weighted by Gasteiger charge is -2.44. The smallest absolute Gasteiger partial charge is 0.00142 e. The molecule has 4 aliphatic rings. The highest BCUT2D eigenvalue weighted by molar-refractivity contribution is 5.35. The van der Waals surface area contributed by atoms with Gasteiger partial charge in [-0.05, 0) is 68.6 Å². The Morgan fingerprint density at radius 2 is 1.74 bits per heavy atom. The molecular formula is C23H35. The second kappa shape index (κ2) is 7.16. The Morgan fingerprint density at radius 3 is 2.48 bits per heavy atom. The summed E-state index contributed by atoms with van der Waals surface area (Å²) in [5, 5.41) is 0. The minimum absolute atomic E-state index is 0.542. The van der Waals surface area contributed by atoms with Crippen molar-refractivity contribution in [2.24, 2.45) is 17.3 Å². The van der Waals surface area contributed by atoms with E-state index < -0.39 is 0 Å². The summed E-state index contributed by atoms with van der Waals surface area (Å²) >= 11 is 0. The van der Waals surface area contributed by atoms with Gasteiger partial charge in [0, 0.05) is 5.92 Å². The van der Waals surface area contributed by atoms with E-state index in [0.29, 0.717) is 5.41 Å². The van der Waals surface area contributed by atoms with E-state index in [4.69, 9.17) is 0 Å². The summed E-state index contributed by atoms with van der Waals surface area (Å²) < 4.78 is 0. The Morgan fingerprint density at radius 1 is 0.870 bits per heavy atom. The molecule has 127 valence electrons. The van der Waals surface area contributed by atoms with Crippen LogP contribution in [0.3, 0.4) is 0 Å². The molecule has 0 heteroatoms. The molecule has 1 radical (unpaired) electrons. The summed E-state index contributed by atoms with van der Waals surface area (Å²) in [7, 11) is 0. The second-order valence-electron chi connectivity index (χ2n) is 8.96. The van der Waals surface area contributed by atoms with E-state index in [1.807, 2.05) is 11.5 Å². The van der Waals surface area contributed by atoms with E-state index in [0.717, 1.165) is 11.8 Å². The van der Waals surface area contributed by atoms with Crippen molar-refractivity contribution in [3.05, 3.63) is 29.7 Å². The summed E-state index contributed by atoms with van der Waals surface area (Å²) in [4.78, 5) is 0. The van der Waals surface area contributed by atoms with Crippen LogP contribution >= 0.6 is 0 Å². The molecule has 0 nitrogen and oxygen atoms in total. The lowest BCUT2D eigenvalue weighted by Crippen LogP contribution is -2.31. The minimum atomic E-state index is 0.542. The predicted molar refractivity (Wildman–Crippen MR) is 99.1 cm³/mol. The molecule has 23 heavy (non-hydrogen) atoms. The molecule has 0 heterocycles. The number of allylic oxidation sites excluding steroid dienone is 4. The summed E-state index contributed by atoms with van der Waals surface area (Å²) in [6.45, 7) is 0. The van der Waals surface area contributed by atoms with Gasteiger partial charge in [0.05, 0.1) is 0 Å². The summed E-state index contributed by atoms with van der Waals surface area (Å²) in [5.41, 5.74) is 2.41. The van der Waals surface area contributed by atoms with Crippen molar-refractivity contribution in [3.8, 4) is 0 Å². The highest BCUT2D eigenvalue weighted by atomic mass is 14.5. The summed E-state index contributed by atoms with van der Waals surface area (Å²) in [5.74, 6) is 3.97. The van der Waals surface area contributed by atoms with Crippen LogP contribution in [-0.4, -0.2) is 0 Å². The molecule has 0 aromatic heterocycles.